The third kappa shape index (κ3) is 4.63. The molecule has 0 aliphatic rings. The molecule has 0 aliphatic carbocycles. The van der Waals surface area contributed by atoms with Crippen LogP contribution in [0.4, 0.5) is 0 Å². The second-order valence-corrected chi connectivity index (χ2v) is 8.51. The number of benzene rings is 1. The van der Waals surface area contributed by atoms with Gasteiger partial charge in [0, 0.05) is 11.4 Å². The van der Waals surface area contributed by atoms with Crippen molar-refractivity contribution in [3.63, 3.8) is 0 Å². The summed E-state index contributed by atoms with van der Waals surface area (Å²) >= 11 is 3.00. The van der Waals surface area contributed by atoms with Gasteiger partial charge in [-0.05, 0) is 31.5 Å². The van der Waals surface area contributed by atoms with Crippen molar-refractivity contribution in [1.29, 1.82) is 0 Å². The maximum absolute atomic E-state index is 13.1. The first-order valence-corrected chi connectivity index (χ1v) is 11.0. The first-order chi connectivity index (χ1) is 14.1. The lowest BCUT2D eigenvalue weighted by molar-refractivity contribution is -0.129. The van der Waals surface area contributed by atoms with Gasteiger partial charge in [-0.1, -0.05) is 42.1 Å². The zero-order chi connectivity index (χ0) is 20.2. The molecule has 4 aromatic rings. The summed E-state index contributed by atoms with van der Waals surface area (Å²) in [7, 11) is 0. The van der Waals surface area contributed by atoms with Gasteiger partial charge in [-0.15, -0.1) is 21.5 Å². The molecular weight excluding hydrogens is 404 g/mol. The van der Waals surface area contributed by atoms with Crippen molar-refractivity contribution in [2.75, 3.05) is 5.75 Å². The highest BCUT2D eigenvalue weighted by atomic mass is 32.2. The maximum Gasteiger partial charge on any atom is 0.233 e. The lowest BCUT2D eigenvalue weighted by atomic mass is 10.2. The van der Waals surface area contributed by atoms with Gasteiger partial charge in [-0.25, -0.2) is 4.98 Å². The fraction of sp³-hybridized carbons (Fsp3) is 0.250. The van der Waals surface area contributed by atoms with Crippen LogP contribution in [-0.4, -0.2) is 41.4 Å². The first kappa shape index (κ1) is 19.5. The van der Waals surface area contributed by atoms with Gasteiger partial charge in [0.15, 0.2) is 11.5 Å². The predicted molar refractivity (Wildman–Crippen MR) is 114 cm³/mol. The molecule has 0 saturated carbocycles. The molecule has 0 radical (unpaired) electrons. The summed E-state index contributed by atoms with van der Waals surface area (Å²) in [6.45, 7) is 4.95. The van der Waals surface area contributed by atoms with Gasteiger partial charge in [-0.2, -0.15) is 9.61 Å². The lowest BCUT2D eigenvalue weighted by Gasteiger charge is -2.22. The van der Waals surface area contributed by atoms with E-state index in [4.69, 9.17) is 0 Å². The number of thiazole rings is 1. The summed E-state index contributed by atoms with van der Waals surface area (Å²) in [6, 6.07) is 13.8. The third-order valence-electron chi connectivity index (χ3n) is 4.49. The van der Waals surface area contributed by atoms with Gasteiger partial charge in [-0.3, -0.25) is 4.79 Å². The van der Waals surface area contributed by atoms with Crippen LogP contribution in [0.5, 0.6) is 0 Å². The Morgan fingerprint density at radius 2 is 1.93 bits per heavy atom. The van der Waals surface area contributed by atoms with E-state index >= 15 is 0 Å². The van der Waals surface area contributed by atoms with Crippen LogP contribution in [0.2, 0.25) is 0 Å². The van der Waals surface area contributed by atoms with Gasteiger partial charge in [0.05, 0.1) is 23.5 Å². The number of hydrogen-bond acceptors (Lipinski definition) is 7. The van der Waals surface area contributed by atoms with Crippen LogP contribution in [0.3, 0.4) is 0 Å². The molecule has 3 heterocycles. The van der Waals surface area contributed by atoms with Crippen LogP contribution in [0.15, 0.2) is 53.0 Å². The number of hydrogen-bond donors (Lipinski definition) is 0. The second-order valence-electron chi connectivity index (χ2n) is 6.57. The summed E-state index contributed by atoms with van der Waals surface area (Å²) in [4.78, 5) is 20.4. The third-order valence-corrected chi connectivity index (χ3v) is 6.31. The standard InChI is InChI=1S/C20H20N6OS2/c1-14-17(29-13-21-14)11-25(10-16-6-4-3-5-7-16)20(27)12-28-19-9-8-18-23-22-15(2)26(18)24-19/h3-9,13H,10-12H2,1-2H3. The average molecular weight is 425 g/mol. The van der Waals surface area contributed by atoms with E-state index in [9.17, 15) is 4.79 Å². The second kappa shape index (κ2) is 8.71. The Bertz CT molecular complexity index is 1120. The van der Waals surface area contributed by atoms with E-state index in [2.05, 4.69) is 20.3 Å². The van der Waals surface area contributed by atoms with Crippen molar-refractivity contribution in [2.45, 2.75) is 32.0 Å². The zero-order valence-electron chi connectivity index (χ0n) is 16.1. The SMILES string of the molecule is Cc1ncsc1CN(Cc1ccccc1)C(=O)CSc1ccc2nnc(C)n2n1. The molecular formula is C20H20N6OS2. The molecule has 1 aromatic carbocycles. The molecule has 4 rings (SSSR count). The maximum atomic E-state index is 13.1. The monoisotopic (exact) mass is 424 g/mol. The van der Waals surface area contributed by atoms with Crippen LogP contribution in [-0.2, 0) is 17.9 Å². The van der Waals surface area contributed by atoms with Crippen LogP contribution in [0.25, 0.3) is 5.65 Å². The number of rotatable bonds is 7. The minimum absolute atomic E-state index is 0.0639. The molecule has 0 saturated heterocycles. The van der Waals surface area contributed by atoms with Crippen molar-refractivity contribution < 1.29 is 4.79 Å². The van der Waals surface area contributed by atoms with Crippen molar-refractivity contribution in [2.24, 2.45) is 0 Å². The predicted octanol–water partition coefficient (Wildman–Crippen LogP) is 3.52. The highest BCUT2D eigenvalue weighted by molar-refractivity contribution is 7.99. The highest BCUT2D eigenvalue weighted by Crippen LogP contribution is 2.20. The minimum Gasteiger partial charge on any atom is -0.332 e. The van der Waals surface area contributed by atoms with Crippen molar-refractivity contribution >= 4 is 34.7 Å². The average Bonchev–Trinajstić information content (AvgIpc) is 3.32. The molecule has 3 aromatic heterocycles. The van der Waals surface area contributed by atoms with Crippen LogP contribution in [0, 0.1) is 13.8 Å². The van der Waals surface area contributed by atoms with E-state index < -0.39 is 0 Å². The van der Waals surface area contributed by atoms with E-state index in [1.54, 1.807) is 15.9 Å². The molecule has 0 bridgehead atoms. The number of aromatic nitrogens is 5. The first-order valence-electron chi connectivity index (χ1n) is 9.12. The molecule has 0 fully saturated rings. The van der Waals surface area contributed by atoms with E-state index in [1.807, 2.05) is 66.7 Å². The van der Waals surface area contributed by atoms with Crippen molar-refractivity contribution in [3.8, 4) is 0 Å². The number of fused-ring (bicyclic) bond motifs is 1. The fourth-order valence-corrected chi connectivity index (χ4v) is 4.42. The molecule has 0 unspecified atom stereocenters. The Balaban J connectivity index is 1.48. The van der Waals surface area contributed by atoms with Crippen molar-refractivity contribution in [1.82, 2.24) is 29.7 Å². The van der Waals surface area contributed by atoms with Gasteiger partial charge >= 0.3 is 0 Å². The Kier molecular flexibility index (Phi) is 5.86. The number of carbonyl (C=O) groups is 1. The van der Waals surface area contributed by atoms with Crippen LogP contribution >= 0.6 is 23.1 Å². The van der Waals surface area contributed by atoms with E-state index in [0.717, 1.165) is 27.0 Å². The van der Waals surface area contributed by atoms with Gasteiger partial charge in [0.1, 0.15) is 5.03 Å². The molecule has 9 heteroatoms. The molecule has 1 amide bonds. The number of amides is 1. The topological polar surface area (TPSA) is 76.3 Å². The largest absolute Gasteiger partial charge is 0.332 e. The summed E-state index contributed by atoms with van der Waals surface area (Å²) in [5, 5.41) is 13.3. The minimum atomic E-state index is 0.0639. The summed E-state index contributed by atoms with van der Waals surface area (Å²) in [5.74, 6) is 1.10. The van der Waals surface area contributed by atoms with Crippen LogP contribution < -0.4 is 0 Å². The Labute approximate surface area is 176 Å². The lowest BCUT2D eigenvalue weighted by Crippen LogP contribution is -2.31. The summed E-state index contributed by atoms with van der Waals surface area (Å²) < 4.78 is 1.69. The summed E-state index contributed by atoms with van der Waals surface area (Å²) in [5.41, 5.74) is 4.60. The number of aryl methyl sites for hydroxylation is 2. The Morgan fingerprint density at radius 3 is 2.69 bits per heavy atom. The number of carbonyl (C=O) groups excluding carboxylic acids is 1. The van der Waals surface area contributed by atoms with Gasteiger partial charge in [0.2, 0.25) is 5.91 Å². The molecule has 29 heavy (non-hydrogen) atoms. The summed E-state index contributed by atoms with van der Waals surface area (Å²) in [6.07, 6.45) is 0. The Hall–Kier alpha value is -2.78. The van der Waals surface area contributed by atoms with E-state index in [-0.39, 0.29) is 5.91 Å². The molecule has 0 atom stereocenters. The normalized spacial score (nSPS) is 11.1. The molecule has 0 aliphatic heterocycles. The van der Waals surface area contributed by atoms with E-state index in [0.29, 0.717) is 24.5 Å². The van der Waals surface area contributed by atoms with Gasteiger partial charge in [0.25, 0.3) is 0 Å². The molecule has 7 nitrogen and oxygen atoms in total. The number of nitrogens with zero attached hydrogens (tertiary/aromatic N) is 6. The van der Waals surface area contributed by atoms with Crippen LogP contribution in [0.1, 0.15) is 22.0 Å². The Morgan fingerprint density at radius 1 is 1.10 bits per heavy atom. The zero-order valence-corrected chi connectivity index (χ0v) is 17.8. The van der Waals surface area contributed by atoms with Crippen molar-refractivity contribution in [3.05, 3.63) is 69.9 Å². The molecule has 0 spiro atoms. The number of thioether (sulfide) groups is 1. The quantitative estimate of drug-likeness (QED) is 0.423. The highest BCUT2D eigenvalue weighted by Gasteiger charge is 2.18. The smallest absolute Gasteiger partial charge is 0.233 e. The molecule has 0 N–H and O–H groups in total. The molecule has 148 valence electrons. The fourth-order valence-electron chi connectivity index (χ4n) is 2.87. The van der Waals surface area contributed by atoms with E-state index in [1.165, 1.54) is 11.8 Å². The van der Waals surface area contributed by atoms with Gasteiger partial charge < -0.3 is 4.90 Å².